The van der Waals surface area contributed by atoms with Gasteiger partial charge in [0.05, 0.1) is 11.7 Å². The summed E-state index contributed by atoms with van der Waals surface area (Å²) in [4.78, 5) is 11.2. The van der Waals surface area contributed by atoms with Crippen LogP contribution in [0.4, 0.5) is 0 Å². The Hall–Kier alpha value is -2.17. The summed E-state index contributed by atoms with van der Waals surface area (Å²) >= 11 is 0. The van der Waals surface area contributed by atoms with Crippen molar-refractivity contribution in [2.45, 2.75) is 25.7 Å². The molecule has 0 atom stereocenters. The highest BCUT2D eigenvalue weighted by molar-refractivity contribution is 5.90. The summed E-state index contributed by atoms with van der Waals surface area (Å²) in [7, 11) is 0. The number of para-hydroxylation sites is 1. The van der Waals surface area contributed by atoms with Gasteiger partial charge in [-0.3, -0.25) is 4.57 Å². The maximum Gasteiger partial charge on any atom is 0.140 e. The number of carbonyl (C=O) groups is 1. The number of carboxylic acid groups (broad SMARTS) is 1. The molecule has 1 aliphatic rings. The highest BCUT2D eigenvalue weighted by Gasteiger charge is 2.30. The average molecular weight is 242 g/mol. The van der Waals surface area contributed by atoms with Crippen LogP contribution in [-0.4, -0.2) is 20.7 Å². The Morgan fingerprint density at radius 1 is 1.33 bits per heavy atom. The van der Waals surface area contributed by atoms with Crippen molar-refractivity contribution in [2.24, 2.45) is 0 Å². The zero-order valence-electron chi connectivity index (χ0n) is 9.96. The minimum Gasteiger partial charge on any atom is -0.545 e. The number of hydrogen-bond donors (Lipinski definition) is 0. The summed E-state index contributed by atoms with van der Waals surface area (Å²) in [6.45, 7) is 1.82. The van der Waals surface area contributed by atoms with Crippen molar-refractivity contribution in [3.05, 3.63) is 41.5 Å². The number of rotatable bonds is 3. The smallest absolute Gasteiger partial charge is 0.140 e. The minimum absolute atomic E-state index is 0.169. The molecule has 0 aliphatic heterocycles. The second-order valence-corrected chi connectivity index (χ2v) is 4.52. The second-order valence-electron chi connectivity index (χ2n) is 4.52. The molecule has 92 valence electrons. The molecule has 1 saturated carbocycles. The van der Waals surface area contributed by atoms with Gasteiger partial charge in [0.15, 0.2) is 0 Å². The van der Waals surface area contributed by atoms with E-state index >= 15 is 0 Å². The SMILES string of the molecule is Cc1nnc(C2CC2)n1-c1ccccc1C(=O)[O-]. The first-order valence-corrected chi connectivity index (χ1v) is 5.91. The first kappa shape index (κ1) is 11.0. The van der Waals surface area contributed by atoms with Gasteiger partial charge in [-0.25, -0.2) is 0 Å². The number of benzene rings is 1. The van der Waals surface area contributed by atoms with Gasteiger partial charge in [-0.15, -0.1) is 10.2 Å². The number of aromatic nitrogens is 3. The predicted octanol–water partition coefficient (Wildman–Crippen LogP) is 0.817. The van der Waals surface area contributed by atoms with Crippen molar-refractivity contribution in [3.8, 4) is 5.69 Å². The fourth-order valence-electron chi connectivity index (χ4n) is 2.12. The van der Waals surface area contributed by atoms with Gasteiger partial charge in [-0.1, -0.05) is 18.2 Å². The first-order valence-electron chi connectivity index (χ1n) is 5.91. The molecule has 1 heterocycles. The average Bonchev–Trinajstić information content (AvgIpc) is 3.13. The third kappa shape index (κ3) is 1.68. The minimum atomic E-state index is -1.18. The van der Waals surface area contributed by atoms with Crippen molar-refractivity contribution < 1.29 is 9.90 Å². The van der Waals surface area contributed by atoms with Gasteiger partial charge in [0.2, 0.25) is 0 Å². The lowest BCUT2D eigenvalue weighted by atomic mass is 10.1. The molecular weight excluding hydrogens is 230 g/mol. The Morgan fingerprint density at radius 2 is 2.06 bits per heavy atom. The van der Waals surface area contributed by atoms with Crippen LogP contribution in [0.2, 0.25) is 0 Å². The normalized spacial score (nSPS) is 14.7. The Bertz CT molecular complexity index is 614. The summed E-state index contributed by atoms with van der Waals surface area (Å²) in [6.07, 6.45) is 2.18. The van der Waals surface area contributed by atoms with Crippen LogP contribution in [0.15, 0.2) is 24.3 Å². The molecule has 5 nitrogen and oxygen atoms in total. The second kappa shape index (κ2) is 3.94. The monoisotopic (exact) mass is 242 g/mol. The van der Waals surface area contributed by atoms with Crippen LogP contribution >= 0.6 is 0 Å². The molecular formula is C13H12N3O2-. The van der Waals surface area contributed by atoms with Gasteiger partial charge in [-0.2, -0.15) is 0 Å². The molecule has 2 aromatic rings. The summed E-state index contributed by atoms with van der Waals surface area (Å²) < 4.78 is 1.82. The highest BCUT2D eigenvalue weighted by Crippen LogP contribution is 2.40. The lowest BCUT2D eigenvalue weighted by molar-refractivity contribution is -0.255. The Kier molecular flexibility index (Phi) is 2.40. The molecule has 18 heavy (non-hydrogen) atoms. The van der Waals surface area contributed by atoms with Gasteiger partial charge in [0.1, 0.15) is 11.6 Å². The fourth-order valence-corrected chi connectivity index (χ4v) is 2.12. The first-order chi connectivity index (χ1) is 8.68. The summed E-state index contributed by atoms with van der Waals surface area (Å²) in [6, 6.07) is 6.79. The molecule has 0 unspecified atom stereocenters. The Labute approximate surface area is 104 Å². The van der Waals surface area contributed by atoms with Crippen LogP contribution in [-0.2, 0) is 0 Å². The van der Waals surface area contributed by atoms with E-state index in [9.17, 15) is 9.90 Å². The zero-order chi connectivity index (χ0) is 12.7. The van der Waals surface area contributed by atoms with Gasteiger partial charge in [-0.05, 0) is 25.8 Å². The summed E-state index contributed by atoms with van der Waals surface area (Å²) in [5.41, 5.74) is 0.754. The van der Waals surface area contributed by atoms with Crippen molar-refractivity contribution in [3.63, 3.8) is 0 Å². The van der Waals surface area contributed by atoms with E-state index in [1.54, 1.807) is 24.3 Å². The van der Waals surface area contributed by atoms with Gasteiger partial charge in [0.25, 0.3) is 0 Å². The molecule has 0 N–H and O–H groups in total. The number of hydrogen-bond acceptors (Lipinski definition) is 4. The molecule has 0 saturated heterocycles. The molecule has 1 aliphatic carbocycles. The van der Waals surface area contributed by atoms with Crippen molar-refractivity contribution in [2.75, 3.05) is 0 Å². The molecule has 0 spiro atoms. The molecule has 0 amide bonds. The van der Waals surface area contributed by atoms with E-state index in [1.807, 2.05) is 11.5 Å². The van der Waals surface area contributed by atoms with Gasteiger partial charge >= 0.3 is 0 Å². The number of aromatic carboxylic acids is 1. The van der Waals surface area contributed by atoms with E-state index in [2.05, 4.69) is 10.2 Å². The lowest BCUT2D eigenvalue weighted by Crippen LogP contribution is -2.24. The molecule has 1 aromatic heterocycles. The fraction of sp³-hybridized carbons (Fsp3) is 0.308. The molecule has 0 radical (unpaired) electrons. The predicted molar refractivity (Wildman–Crippen MR) is 62.4 cm³/mol. The maximum atomic E-state index is 11.2. The van der Waals surface area contributed by atoms with Crippen LogP contribution in [0.1, 0.15) is 40.8 Å². The standard InChI is InChI=1S/C13H13N3O2/c1-8-14-15-12(9-6-7-9)16(8)11-5-3-2-4-10(11)13(17)18/h2-5,9H,6-7H2,1H3,(H,17,18)/p-1. The van der Waals surface area contributed by atoms with E-state index in [4.69, 9.17) is 0 Å². The van der Waals surface area contributed by atoms with E-state index in [0.717, 1.165) is 18.7 Å². The Morgan fingerprint density at radius 3 is 2.72 bits per heavy atom. The van der Waals surface area contributed by atoms with Crippen LogP contribution < -0.4 is 5.11 Å². The van der Waals surface area contributed by atoms with Crippen molar-refractivity contribution in [1.29, 1.82) is 0 Å². The number of nitrogens with zero attached hydrogens (tertiary/aromatic N) is 3. The third-order valence-corrected chi connectivity index (χ3v) is 3.16. The number of aryl methyl sites for hydroxylation is 1. The summed E-state index contributed by atoms with van der Waals surface area (Å²) in [5.74, 6) is 0.772. The van der Waals surface area contributed by atoms with Crippen molar-refractivity contribution >= 4 is 5.97 Å². The van der Waals surface area contributed by atoms with Crippen LogP contribution in [0.3, 0.4) is 0 Å². The molecule has 0 bridgehead atoms. The lowest BCUT2D eigenvalue weighted by Gasteiger charge is -2.13. The Balaban J connectivity index is 2.20. The topological polar surface area (TPSA) is 70.8 Å². The van der Waals surface area contributed by atoms with Crippen LogP contribution in [0.5, 0.6) is 0 Å². The van der Waals surface area contributed by atoms with Crippen LogP contribution in [0, 0.1) is 6.92 Å². The number of carboxylic acids is 1. The largest absolute Gasteiger partial charge is 0.545 e. The molecule has 1 aromatic carbocycles. The van der Waals surface area contributed by atoms with E-state index in [1.165, 1.54) is 0 Å². The zero-order valence-corrected chi connectivity index (χ0v) is 9.96. The van der Waals surface area contributed by atoms with E-state index < -0.39 is 5.97 Å². The van der Waals surface area contributed by atoms with E-state index in [-0.39, 0.29) is 5.56 Å². The molecule has 3 rings (SSSR count). The van der Waals surface area contributed by atoms with Gasteiger partial charge < -0.3 is 9.90 Å². The molecule has 1 fully saturated rings. The third-order valence-electron chi connectivity index (χ3n) is 3.16. The van der Waals surface area contributed by atoms with E-state index in [0.29, 0.717) is 17.4 Å². The van der Waals surface area contributed by atoms with Crippen molar-refractivity contribution in [1.82, 2.24) is 14.8 Å². The van der Waals surface area contributed by atoms with Gasteiger partial charge in [0, 0.05) is 11.5 Å². The highest BCUT2D eigenvalue weighted by atomic mass is 16.4. The summed E-state index contributed by atoms with van der Waals surface area (Å²) in [5, 5.41) is 19.4. The maximum absolute atomic E-state index is 11.2. The number of carbonyl (C=O) groups excluding carboxylic acids is 1. The van der Waals surface area contributed by atoms with Crippen LogP contribution in [0.25, 0.3) is 5.69 Å². The quantitative estimate of drug-likeness (QED) is 0.798. The molecule has 5 heteroatoms.